The Balaban J connectivity index is 1.80. The first-order valence-corrected chi connectivity index (χ1v) is 5.51. The summed E-state index contributed by atoms with van der Waals surface area (Å²) in [5.41, 5.74) is 1.20. The van der Waals surface area contributed by atoms with Crippen molar-refractivity contribution in [3.05, 3.63) is 39.9 Å². The van der Waals surface area contributed by atoms with Gasteiger partial charge in [-0.3, -0.25) is 15.1 Å². The molecule has 1 aliphatic rings. The molecule has 90 valence electrons. The van der Waals surface area contributed by atoms with Crippen molar-refractivity contribution < 1.29 is 4.92 Å². The predicted octanol–water partition coefficient (Wildman–Crippen LogP) is 0.686. The van der Waals surface area contributed by atoms with E-state index < -0.39 is 0 Å². The van der Waals surface area contributed by atoms with Crippen LogP contribution in [-0.2, 0) is 6.42 Å². The standard InChI is InChI=1S/C11H14N4O2/c16-15(17)10-3-1-9(2-4-10)5-6-12-11-13-7-8-14-11/h1-4H,5-8H2,(H2,12,13,14). The SMILES string of the molecule is O=[N+]([O-])c1ccc(CCNC2=NCCN2)cc1. The summed E-state index contributed by atoms with van der Waals surface area (Å²) in [6.45, 7) is 2.48. The van der Waals surface area contributed by atoms with Crippen LogP contribution in [0.1, 0.15) is 5.56 Å². The number of nitro groups is 1. The minimum atomic E-state index is -0.390. The third kappa shape index (κ3) is 3.17. The van der Waals surface area contributed by atoms with Crippen LogP contribution in [0.5, 0.6) is 0 Å². The molecular formula is C11H14N4O2. The lowest BCUT2D eigenvalue weighted by Gasteiger charge is -2.06. The maximum atomic E-state index is 10.5. The van der Waals surface area contributed by atoms with E-state index in [-0.39, 0.29) is 10.6 Å². The number of hydrogen-bond acceptors (Lipinski definition) is 5. The van der Waals surface area contributed by atoms with Gasteiger partial charge in [-0.15, -0.1) is 0 Å². The molecule has 0 aliphatic carbocycles. The van der Waals surface area contributed by atoms with Gasteiger partial charge in [-0.1, -0.05) is 12.1 Å². The topological polar surface area (TPSA) is 79.6 Å². The Morgan fingerprint density at radius 3 is 2.76 bits per heavy atom. The summed E-state index contributed by atoms with van der Waals surface area (Å²) >= 11 is 0. The van der Waals surface area contributed by atoms with Gasteiger partial charge in [-0.25, -0.2) is 0 Å². The smallest absolute Gasteiger partial charge is 0.269 e. The first-order chi connectivity index (χ1) is 8.25. The zero-order valence-corrected chi connectivity index (χ0v) is 9.35. The van der Waals surface area contributed by atoms with Crippen molar-refractivity contribution in [3.8, 4) is 0 Å². The Bertz CT molecular complexity index is 428. The molecule has 17 heavy (non-hydrogen) atoms. The molecule has 0 amide bonds. The summed E-state index contributed by atoms with van der Waals surface area (Å²) in [5.74, 6) is 0.840. The molecule has 1 heterocycles. The Labute approximate surface area is 98.9 Å². The van der Waals surface area contributed by atoms with Crippen LogP contribution in [0.2, 0.25) is 0 Å². The molecule has 0 aromatic heterocycles. The Morgan fingerprint density at radius 2 is 2.18 bits per heavy atom. The lowest BCUT2D eigenvalue weighted by atomic mass is 10.1. The van der Waals surface area contributed by atoms with Crippen LogP contribution >= 0.6 is 0 Å². The van der Waals surface area contributed by atoms with Gasteiger partial charge < -0.3 is 10.6 Å². The van der Waals surface area contributed by atoms with Crippen molar-refractivity contribution in [1.29, 1.82) is 0 Å². The van der Waals surface area contributed by atoms with E-state index in [9.17, 15) is 10.1 Å². The highest BCUT2D eigenvalue weighted by atomic mass is 16.6. The Morgan fingerprint density at radius 1 is 1.41 bits per heavy atom. The number of nitrogens with zero attached hydrogens (tertiary/aromatic N) is 2. The molecular weight excluding hydrogens is 220 g/mol. The van der Waals surface area contributed by atoms with Crippen molar-refractivity contribution in [2.24, 2.45) is 4.99 Å². The summed E-state index contributed by atoms with van der Waals surface area (Å²) in [6, 6.07) is 6.62. The summed E-state index contributed by atoms with van der Waals surface area (Å²) in [7, 11) is 0. The highest BCUT2D eigenvalue weighted by molar-refractivity contribution is 5.81. The summed E-state index contributed by atoms with van der Waals surface area (Å²) in [4.78, 5) is 14.3. The van der Waals surface area contributed by atoms with Crippen LogP contribution in [0.4, 0.5) is 5.69 Å². The van der Waals surface area contributed by atoms with Crippen molar-refractivity contribution in [3.63, 3.8) is 0 Å². The number of nitro benzene ring substituents is 1. The lowest BCUT2D eigenvalue weighted by Crippen LogP contribution is -2.34. The van der Waals surface area contributed by atoms with Crippen LogP contribution < -0.4 is 10.6 Å². The van der Waals surface area contributed by atoms with E-state index in [0.29, 0.717) is 0 Å². The molecule has 2 rings (SSSR count). The highest BCUT2D eigenvalue weighted by Crippen LogP contribution is 2.11. The summed E-state index contributed by atoms with van der Waals surface area (Å²) in [5, 5.41) is 16.8. The number of hydrogen-bond donors (Lipinski definition) is 2. The third-order valence-corrected chi connectivity index (χ3v) is 2.53. The van der Waals surface area contributed by atoms with Gasteiger partial charge in [-0.05, 0) is 12.0 Å². The molecule has 0 radical (unpaired) electrons. The number of aliphatic imine (C=N–C) groups is 1. The molecule has 6 heteroatoms. The van der Waals surface area contributed by atoms with Crippen molar-refractivity contribution in [2.75, 3.05) is 19.6 Å². The van der Waals surface area contributed by atoms with Gasteiger partial charge >= 0.3 is 0 Å². The molecule has 1 aliphatic heterocycles. The largest absolute Gasteiger partial charge is 0.356 e. The maximum absolute atomic E-state index is 10.5. The Hall–Kier alpha value is -2.11. The second kappa shape index (κ2) is 5.29. The quantitative estimate of drug-likeness (QED) is 0.593. The number of nitrogens with one attached hydrogen (secondary N) is 2. The number of benzene rings is 1. The van der Waals surface area contributed by atoms with Crippen LogP contribution in [0.3, 0.4) is 0 Å². The molecule has 1 aromatic rings. The van der Waals surface area contributed by atoms with Crippen LogP contribution in [0.25, 0.3) is 0 Å². The second-order valence-electron chi connectivity index (χ2n) is 3.76. The van der Waals surface area contributed by atoms with Crippen LogP contribution in [0, 0.1) is 10.1 Å². The van der Waals surface area contributed by atoms with E-state index in [1.165, 1.54) is 12.1 Å². The molecule has 2 N–H and O–H groups in total. The molecule has 0 atom stereocenters. The minimum Gasteiger partial charge on any atom is -0.356 e. The van der Waals surface area contributed by atoms with E-state index in [2.05, 4.69) is 15.6 Å². The number of non-ortho nitro benzene ring substituents is 1. The third-order valence-electron chi connectivity index (χ3n) is 2.53. The summed E-state index contributed by atoms with van der Waals surface area (Å²) < 4.78 is 0. The van der Waals surface area contributed by atoms with Gasteiger partial charge in [0.25, 0.3) is 5.69 Å². The van der Waals surface area contributed by atoms with Gasteiger partial charge in [0.2, 0.25) is 0 Å². The molecule has 0 fully saturated rings. The highest BCUT2D eigenvalue weighted by Gasteiger charge is 2.05. The van der Waals surface area contributed by atoms with E-state index >= 15 is 0 Å². The van der Waals surface area contributed by atoms with Gasteiger partial charge in [0, 0.05) is 25.2 Å². The van der Waals surface area contributed by atoms with E-state index in [1.54, 1.807) is 12.1 Å². The average molecular weight is 234 g/mol. The van der Waals surface area contributed by atoms with Gasteiger partial charge in [0.15, 0.2) is 5.96 Å². The minimum absolute atomic E-state index is 0.128. The first-order valence-electron chi connectivity index (χ1n) is 5.51. The molecule has 1 aromatic carbocycles. The van der Waals surface area contributed by atoms with E-state index in [4.69, 9.17) is 0 Å². The summed E-state index contributed by atoms with van der Waals surface area (Å²) in [6.07, 6.45) is 0.818. The van der Waals surface area contributed by atoms with Gasteiger partial charge in [-0.2, -0.15) is 0 Å². The lowest BCUT2D eigenvalue weighted by molar-refractivity contribution is -0.384. The van der Waals surface area contributed by atoms with Gasteiger partial charge in [0.1, 0.15) is 0 Å². The fraction of sp³-hybridized carbons (Fsp3) is 0.364. The van der Waals surface area contributed by atoms with Crippen molar-refractivity contribution >= 4 is 11.6 Å². The molecule has 0 saturated carbocycles. The molecule has 0 saturated heterocycles. The number of rotatable bonds is 4. The van der Waals surface area contributed by atoms with E-state index in [1.807, 2.05) is 0 Å². The zero-order valence-electron chi connectivity index (χ0n) is 9.35. The fourth-order valence-electron chi connectivity index (χ4n) is 1.63. The zero-order chi connectivity index (χ0) is 12.1. The Kier molecular flexibility index (Phi) is 3.54. The average Bonchev–Trinajstić information content (AvgIpc) is 2.83. The second-order valence-corrected chi connectivity index (χ2v) is 3.76. The fourth-order valence-corrected chi connectivity index (χ4v) is 1.63. The molecule has 0 bridgehead atoms. The molecule has 0 spiro atoms. The maximum Gasteiger partial charge on any atom is 0.269 e. The van der Waals surface area contributed by atoms with Gasteiger partial charge in [0.05, 0.1) is 11.5 Å². The van der Waals surface area contributed by atoms with E-state index in [0.717, 1.165) is 37.6 Å². The van der Waals surface area contributed by atoms with Crippen molar-refractivity contribution in [2.45, 2.75) is 6.42 Å². The predicted molar refractivity (Wildman–Crippen MR) is 65.1 cm³/mol. The monoisotopic (exact) mass is 234 g/mol. The normalized spacial score (nSPS) is 14.0. The van der Waals surface area contributed by atoms with Crippen LogP contribution in [-0.4, -0.2) is 30.5 Å². The molecule has 6 nitrogen and oxygen atoms in total. The van der Waals surface area contributed by atoms with Crippen molar-refractivity contribution in [1.82, 2.24) is 10.6 Å². The van der Waals surface area contributed by atoms with Crippen LogP contribution in [0.15, 0.2) is 29.3 Å². The number of guanidine groups is 1. The first kappa shape index (κ1) is 11.4. The molecule has 0 unspecified atom stereocenters.